The van der Waals surface area contributed by atoms with E-state index in [1.165, 1.54) is 28.6 Å². The highest BCUT2D eigenvalue weighted by molar-refractivity contribution is 8.00. The highest BCUT2D eigenvalue weighted by Crippen LogP contribution is 2.36. The van der Waals surface area contributed by atoms with E-state index in [2.05, 4.69) is 5.32 Å². The van der Waals surface area contributed by atoms with Crippen LogP contribution in [0.1, 0.15) is 48.6 Å². The fourth-order valence-corrected chi connectivity index (χ4v) is 6.18. The van der Waals surface area contributed by atoms with Gasteiger partial charge in [-0.25, -0.2) is 4.98 Å². The highest BCUT2D eigenvalue weighted by atomic mass is 32.2. The van der Waals surface area contributed by atoms with Crippen LogP contribution in [0.25, 0.3) is 15.9 Å². The molecule has 5 nitrogen and oxygen atoms in total. The van der Waals surface area contributed by atoms with Crippen molar-refractivity contribution in [3.8, 4) is 5.69 Å². The third-order valence-corrected chi connectivity index (χ3v) is 8.06. The maximum atomic E-state index is 13.7. The van der Waals surface area contributed by atoms with Crippen molar-refractivity contribution < 1.29 is 4.79 Å². The van der Waals surface area contributed by atoms with E-state index in [1.54, 1.807) is 15.9 Å². The van der Waals surface area contributed by atoms with E-state index < -0.39 is 0 Å². The van der Waals surface area contributed by atoms with E-state index in [4.69, 9.17) is 4.98 Å². The number of fused-ring (bicyclic) bond motifs is 3. The Morgan fingerprint density at radius 2 is 1.97 bits per heavy atom. The summed E-state index contributed by atoms with van der Waals surface area (Å²) in [7, 11) is 0. The minimum atomic E-state index is -0.318. The van der Waals surface area contributed by atoms with Gasteiger partial charge in [0.25, 0.3) is 5.56 Å². The zero-order valence-electron chi connectivity index (χ0n) is 17.2. The average molecular weight is 440 g/mol. The molecule has 3 aromatic rings. The second kappa shape index (κ2) is 7.85. The molecule has 1 unspecified atom stereocenters. The zero-order chi connectivity index (χ0) is 20.8. The second-order valence-electron chi connectivity index (χ2n) is 8.30. The number of hydrogen-bond donors (Lipinski definition) is 1. The van der Waals surface area contributed by atoms with Crippen molar-refractivity contribution in [2.45, 2.75) is 68.8 Å². The van der Waals surface area contributed by atoms with Crippen LogP contribution in [0, 0.1) is 6.92 Å². The maximum absolute atomic E-state index is 13.7. The van der Waals surface area contributed by atoms with Gasteiger partial charge in [-0.1, -0.05) is 29.5 Å². The first-order chi connectivity index (χ1) is 14.5. The Morgan fingerprint density at radius 1 is 1.23 bits per heavy atom. The summed E-state index contributed by atoms with van der Waals surface area (Å²) in [5.74, 6) is 0.0118. The molecule has 1 saturated carbocycles. The van der Waals surface area contributed by atoms with Crippen LogP contribution in [-0.4, -0.2) is 26.8 Å². The van der Waals surface area contributed by atoms with E-state index in [-0.39, 0.29) is 16.7 Å². The summed E-state index contributed by atoms with van der Waals surface area (Å²) in [5.41, 5.74) is 3.12. The first-order valence-electron chi connectivity index (χ1n) is 10.6. The van der Waals surface area contributed by atoms with Crippen LogP contribution in [-0.2, 0) is 17.6 Å². The summed E-state index contributed by atoms with van der Waals surface area (Å²) in [6, 6.07) is 8.25. The number of aryl methyl sites for hydroxylation is 3. The predicted molar refractivity (Wildman–Crippen MR) is 123 cm³/mol. The first-order valence-corrected chi connectivity index (χ1v) is 12.3. The normalized spacial score (nSPS) is 17.0. The van der Waals surface area contributed by atoms with Gasteiger partial charge in [0.05, 0.1) is 16.3 Å². The van der Waals surface area contributed by atoms with Gasteiger partial charge in [-0.05, 0) is 70.1 Å². The lowest BCUT2D eigenvalue weighted by Gasteiger charge is -2.16. The van der Waals surface area contributed by atoms with Gasteiger partial charge >= 0.3 is 0 Å². The first kappa shape index (κ1) is 19.8. The Bertz CT molecular complexity index is 1180. The Hall–Kier alpha value is -2.12. The Labute approximate surface area is 183 Å². The molecule has 2 aromatic heterocycles. The van der Waals surface area contributed by atoms with Gasteiger partial charge in [-0.15, -0.1) is 11.3 Å². The molecule has 1 fully saturated rings. The molecule has 0 saturated heterocycles. The van der Waals surface area contributed by atoms with Gasteiger partial charge in [0, 0.05) is 10.9 Å². The van der Waals surface area contributed by atoms with Crippen molar-refractivity contribution in [3.05, 3.63) is 50.6 Å². The summed E-state index contributed by atoms with van der Waals surface area (Å²) in [4.78, 5) is 33.3. The monoisotopic (exact) mass is 439 g/mol. The van der Waals surface area contributed by atoms with Crippen LogP contribution >= 0.6 is 23.1 Å². The van der Waals surface area contributed by atoms with Crippen molar-refractivity contribution in [3.63, 3.8) is 0 Å². The van der Waals surface area contributed by atoms with E-state index in [0.29, 0.717) is 11.2 Å². The number of rotatable bonds is 5. The summed E-state index contributed by atoms with van der Waals surface area (Å²) in [5, 5.41) is 4.11. The number of carbonyl (C=O) groups excluding carboxylic acids is 1. The molecule has 5 rings (SSSR count). The van der Waals surface area contributed by atoms with Gasteiger partial charge in [0.1, 0.15) is 4.83 Å². The van der Waals surface area contributed by atoms with Crippen LogP contribution in [0.2, 0.25) is 0 Å². The van der Waals surface area contributed by atoms with Crippen molar-refractivity contribution >= 4 is 39.2 Å². The minimum absolute atomic E-state index is 0.0118. The van der Waals surface area contributed by atoms with Crippen LogP contribution in [0.4, 0.5) is 0 Å². The van der Waals surface area contributed by atoms with Crippen LogP contribution in [0.3, 0.4) is 0 Å². The molecule has 7 heteroatoms. The SMILES string of the molecule is Cc1ccc(-n2c(SC(C)C(=O)NC3CC3)nc3sc4c(c3c2=O)CCCC4)cc1. The molecular weight excluding hydrogens is 414 g/mol. The van der Waals surface area contributed by atoms with Crippen molar-refractivity contribution in [1.29, 1.82) is 0 Å². The molecule has 2 aliphatic rings. The van der Waals surface area contributed by atoms with E-state index in [0.717, 1.165) is 53.6 Å². The Balaban J connectivity index is 1.63. The van der Waals surface area contributed by atoms with Gasteiger partial charge < -0.3 is 5.32 Å². The lowest BCUT2D eigenvalue weighted by Crippen LogP contribution is -2.33. The van der Waals surface area contributed by atoms with Gasteiger partial charge in [0.15, 0.2) is 5.16 Å². The van der Waals surface area contributed by atoms with Crippen molar-refractivity contribution in [2.75, 3.05) is 0 Å². The Kier molecular flexibility index (Phi) is 5.19. The standard InChI is InChI=1S/C23H25N3O2S2/c1-13-7-11-16(12-8-13)26-22(28)19-17-5-3-4-6-18(17)30-21(19)25-23(26)29-14(2)20(27)24-15-9-10-15/h7-8,11-12,14-15H,3-6,9-10H2,1-2H3,(H,24,27). The molecule has 30 heavy (non-hydrogen) atoms. The molecule has 0 bridgehead atoms. The highest BCUT2D eigenvalue weighted by Gasteiger charge is 2.28. The lowest BCUT2D eigenvalue weighted by molar-refractivity contribution is -0.120. The third kappa shape index (κ3) is 3.69. The molecule has 1 N–H and O–H groups in total. The Morgan fingerprint density at radius 3 is 2.70 bits per heavy atom. The predicted octanol–water partition coefficient (Wildman–Crippen LogP) is 4.39. The number of carbonyl (C=O) groups is 1. The molecule has 156 valence electrons. The number of nitrogens with zero attached hydrogens (tertiary/aromatic N) is 2. The molecule has 0 radical (unpaired) electrons. The second-order valence-corrected chi connectivity index (χ2v) is 10.7. The molecule has 2 aliphatic carbocycles. The molecular formula is C23H25N3O2S2. The molecule has 1 aromatic carbocycles. The lowest BCUT2D eigenvalue weighted by atomic mass is 9.97. The van der Waals surface area contributed by atoms with E-state index in [9.17, 15) is 9.59 Å². The zero-order valence-corrected chi connectivity index (χ0v) is 18.9. The number of thiophene rings is 1. The topological polar surface area (TPSA) is 64.0 Å². The number of thioether (sulfide) groups is 1. The number of amides is 1. The smallest absolute Gasteiger partial charge is 0.267 e. The average Bonchev–Trinajstić information content (AvgIpc) is 3.46. The summed E-state index contributed by atoms with van der Waals surface area (Å²) >= 11 is 3.02. The molecule has 2 heterocycles. The number of nitrogens with one attached hydrogen (secondary N) is 1. The van der Waals surface area contributed by atoms with Gasteiger partial charge in [-0.3, -0.25) is 14.2 Å². The molecule has 0 aliphatic heterocycles. The molecule has 0 spiro atoms. The number of hydrogen-bond acceptors (Lipinski definition) is 5. The minimum Gasteiger partial charge on any atom is -0.352 e. The van der Waals surface area contributed by atoms with Crippen LogP contribution in [0.15, 0.2) is 34.2 Å². The maximum Gasteiger partial charge on any atom is 0.267 e. The fraction of sp³-hybridized carbons (Fsp3) is 0.435. The van der Waals surface area contributed by atoms with Crippen molar-refractivity contribution in [2.24, 2.45) is 0 Å². The van der Waals surface area contributed by atoms with Crippen molar-refractivity contribution in [1.82, 2.24) is 14.9 Å². The third-order valence-electron chi connectivity index (χ3n) is 5.83. The summed E-state index contributed by atoms with van der Waals surface area (Å²) in [6.07, 6.45) is 6.39. The fourth-order valence-electron chi connectivity index (χ4n) is 3.94. The van der Waals surface area contributed by atoms with Gasteiger partial charge in [0.2, 0.25) is 5.91 Å². The quantitative estimate of drug-likeness (QED) is 0.473. The number of aromatic nitrogens is 2. The van der Waals surface area contributed by atoms with E-state index in [1.807, 2.05) is 38.1 Å². The molecule has 1 amide bonds. The summed E-state index contributed by atoms with van der Waals surface area (Å²) in [6.45, 7) is 3.92. The largest absolute Gasteiger partial charge is 0.352 e. The molecule has 1 atom stereocenters. The van der Waals surface area contributed by atoms with Crippen LogP contribution < -0.4 is 10.9 Å². The summed E-state index contributed by atoms with van der Waals surface area (Å²) < 4.78 is 1.70. The van der Waals surface area contributed by atoms with E-state index >= 15 is 0 Å². The number of benzene rings is 1. The van der Waals surface area contributed by atoms with Gasteiger partial charge in [-0.2, -0.15) is 0 Å². The van der Waals surface area contributed by atoms with Crippen LogP contribution in [0.5, 0.6) is 0 Å².